The summed E-state index contributed by atoms with van der Waals surface area (Å²) in [7, 11) is 0. The summed E-state index contributed by atoms with van der Waals surface area (Å²) in [5, 5.41) is 17.8. The number of allylic oxidation sites excluding steroid dienone is 1. The number of piperidine rings is 1. The van der Waals surface area contributed by atoms with E-state index in [1.807, 2.05) is 30.3 Å². The predicted molar refractivity (Wildman–Crippen MR) is 82.3 cm³/mol. The molecule has 112 valence electrons. The number of likely N-dealkylation sites (tertiary alicyclic amines) is 1. The van der Waals surface area contributed by atoms with E-state index in [9.17, 15) is 0 Å². The van der Waals surface area contributed by atoms with E-state index < -0.39 is 0 Å². The molecule has 0 bridgehead atoms. The molecule has 4 nitrogen and oxygen atoms in total. The molecule has 1 aromatic rings. The molecule has 0 atom stereocenters. The Balaban J connectivity index is 1.93. The highest BCUT2D eigenvalue weighted by Gasteiger charge is 2.21. The minimum Gasteiger partial charge on any atom is -0.396 e. The molecule has 1 heterocycles. The lowest BCUT2D eigenvalue weighted by molar-refractivity contribution is 0.0117. The number of nitrogens with zero attached hydrogens (tertiary/aromatic N) is 2. The maximum Gasteiger partial charge on any atom is 0.0934 e. The van der Waals surface area contributed by atoms with E-state index in [1.54, 1.807) is 6.08 Å². The molecule has 1 aliphatic heterocycles. The van der Waals surface area contributed by atoms with E-state index in [-0.39, 0.29) is 12.7 Å². The molecule has 0 aromatic heterocycles. The third-order valence-electron chi connectivity index (χ3n) is 3.71. The van der Waals surface area contributed by atoms with Crippen LogP contribution in [0.2, 0.25) is 0 Å². The Morgan fingerprint density at radius 3 is 2.67 bits per heavy atom. The molecule has 0 unspecified atom stereocenters. The summed E-state index contributed by atoms with van der Waals surface area (Å²) < 4.78 is 5.75. The first-order chi connectivity index (χ1) is 10.3. The quantitative estimate of drug-likeness (QED) is 0.644. The Morgan fingerprint density at radius 2 is 2.05 bits per heavy atom. The molecule has 1 N–H and O–H groups in total. The highest BCUT2D eigenvalue weighted by molar-refractivity contribution is 5.66. The Kier molecular flexibility index (Phi) is 6.26. The second kappa shape index (κ2) is 8.46. The molecular formula is C17H22N2O2. The summed E-state index contributed by atoms with van der Waals surface area (Å²) in [5.41, 5.74) is 2.07. The number of hydrogen-bond donors (Lipinski definition) is 1. The highest BCUT2D eigenvalue weighted by Crippen LogP contribution is 2.24. The van der Waals surface area contributed by atoms with E-state index >= 15 is 0 Å². The smallest absolute Gasteiger partial charge is 0.0934 e. The van der Waals surface area contributed by atoms with Crippen molar-refractivity contribution >= 4 is 5.70 Å². The van der Waals surface area contributed by atoms with Crippen LogP contribution in [0.1, 0.15) is 24.8 Å². The molecule has 1 aromatic carbocycles. The molecule has 0 amide bonds. The fraction of sp³-hybridized carbons (Fsp3) is 0.471. The first kappa shape index (κ1) is 15.6. The van der Waals surface area contributed by atoms with Crippen LogP contribution in [0.25, 0.3) is 5.70 Å². The van der Waals surface area contributed by atoms with Crippen LogP contribution in [-0.4, -0.2) is 42.4 Å². The van der Waals surface area contributed by atoms with Crippen LogP contribution in [0.5, 0.6) is 0 Å². The van der Waals surface area contributed by atoms with Crippen LogP contribution < -0.4 is 0 Å². The van der Waals surface area contributed by atoms with Gasteiger partial charge >= 0.3 is 0 Å². The van der Waals surface area contributed by atoms with Gasteiger partial charge in [0.05, 0.1) is 17.9 Å². The molecule has 0 spiro atoms. The molecule has 1 saturated heterocycles. The third-order valence-corrected chi connectivity index (χ3v) is 3.71. The summed E-state index contributed by atoms with van der Waals surface area (Å²) in [5.74, 6) is 0. The number of nitriles is 1. The Labute approximate surface area is 126 Å². The van der Waals surface area contributed by atoms with E-state index in [4.69, 9.17) is 15.1 Å². The van der Waals surface area contributed by atoms with Crippen LogP contribution in [0.3, 0.4) is 0 Å². The highest BCUT2D eigenvalue weighted by atomic mass is 16.5. The molecule has 2 rings (SSSR count). The van der Waals surface area contributed by atoms with Crippen molar-refractivity contribution in [3.8, 4) is 6.07 Å². The van der Waals surface area contributed by atoms with Crippen LogP contribution >= 0.6 is 0 Å². The molecule has 1 fully saturated rings. The van der Waals surface area contributed by atoms with Crippen molar-refractivity contribution < 1.29 is 9.84 Å². The normalized spacial score (nSPS) is 16.8. The monoisotopic (exact) mass is 286 g/mol. The van der Waals surface area contributed by atoms with Crippen molar-refractivity contribution in [2.45, 2.75) is 25.4 Å². The van der Waals surface area contributed by atoms with E-state index in [2.05, 4.69) is 11.0 Å². The number of aliphatic hydroxyl groups is 1. The molecule has 0 saturated carbocycles. The second-order valence-electron chi connectivity index (χ2n) is 5.16. The summed E-state index contributed by atoms with van der Waals surface area (Å²) in [6.45, 7) is 2.60. The summed E-state index contributed by atoms with van der Waals surface area (Å²) in [6.07, 6.45) is 4.51. The maximum absolute atomic E-state index is 9.02. The van der Waals surface area contributed by atoms with Gasteiger partial charge in [0.15, 0.2) is 0 Å². The molecule has 0 radical (unpaired) electrons. The maximum atomic E-state index is 9.02. The zero-order valence-corrected chi connectivity index (χ0v) is 12.2. The van der Waals surface area contributed by atoms with Gasteiger partial charge in [-0.1, -0.05) is 30.3 Å². The van der Waals surface area contributed by atoms with Crippen molar-refractivity contribution in [2.24, 2.45) is 0 Å². The van der Waals surface area contributed by atoms with Crippen molar-refractivity contribution in [2.75, 3.05) is 26.3 Å². The Hall–Kier alpha value is -1.83. The number of rotatable bonds is 6. The molecule has 21 heavy (non-hydrogen) atoms. The lowest BCUT2D eigenvalue weighted by Gasteiger charge is -2.35. The zero-order valence-electron chi connectivity index (χ0n) is 12.2. The molecular weight excluding hydrogens is 264 g/mol. The lowest BCUT2D eigenvalue weighted by atomic mass is 10.0. The Morgan fingerprint density at radius 1 is 1.33 bits per heavy atom. The summed E-state index contributed by atoms with van der Waals surface area (Å²) in [6, 6.07) is 12.2. The number of benzene rings is 1. The van der Waals surface area contributed by atoms with Gasteiger partial charge in [-0.25, -0.2) is 0 Å². The number of ether oxygens (including phenoxy) is 1. The minimum absolute atomic E-state index is 0.182. The fourth-order valence-corrected chi connectivity index (χ4v) is 2.61. The van der Waals surface area contributed by atoms with E-state index in [1.165, 1.54) is 0 Å². The second-order valence-corrected chi connectivity index (χ2v) is 5.16. The van der Waals surface area contributed by atoms with Crippen LogP contribution in [0.4, 0.5) is 0 Å². The van der Waals surface area contributed by atoms with Gasteiger partial charge in [-0.15, -0.1) is 0 Å². The van der Waals surface area contributed by atoms with Gasteiger partial charge < -0.3 is 14.7 Å². The third kappa shape index (κ3) is 4.59. The standard InChI is InChI=1S/C17H22N2O2/c18-10-7-17(15-5-2-1-3-6-15)19-11-8-16(9-12-19)21-14-4-13-20/h1-3,5-7,16,20H,4,8-9,11-14H2/b17-7+. The van der Waals surface area contributed by atoms with E-state index in [0.29, 0.717) is 13.0 Å². The Bertz CT molecular complexity index is 485. The van der Waals surface area contributed by atoms with E-state index in [0.717, 1.165) is 37.2 Å². The predicted octanol–water partition coefficient (Wildman–Crippen LogP) is 2.41. The van der Waals surface area contributed by atoms with Gasteiger partial charge in [-0.2, -0.15) is 5.26 Å². The van der Waals surface area contributed by atoms with Crippen molar-refractivity contribution in [3.63, 3.8) is 0 Å². The SMILES string of the molecule is N#C/C=C(\c1ccccc1)N1CCC(OCCCO)CC1. The first-order valence-corrected chi connectivity index (χ1v) is 7.47. The average molecular weight is 286 g/mol. The topological polar surface area (TPSA) is 56.5 Å². The van der Waals surface area contributed by atoms with Gasteiger partial charge in [0.1, 0.15) is 0 Å². The molecule has 1 aliphatic rings. The summed E-state index contributed by atoms with van der Waals surface area (Å²) in [4.78, 5) is 2.25. The molecule has 4 heteroatoms. The average Bonchev–Trinajstić information content (AvgIpc) is 2.54. The number of hydrogen-bond acceptors (Lipinski definition) is 4. The van der Waals surface area contributed by atoms with Crippen molar-refractivity contribution in [1.29, 1.82) is 5.26 Å². The van der Waals surface area contributed by atoms with Gasteiger partial charge in [-0.05, 0) is 24.8 Å². The van der Waals surface area contributed by atoms with Crippen molar-refractivity contribution in [1.82, 2.24) is 4.90 Å². The van der Waals surface area contributed by atoms with Gasteiger partial charge in [0, 0.05) is 32.4 Å². The fourth-order valence-electron chi connectivity index (χ4n) is 2.61. The summed E-state index contributed by atoms with van der Waals surface area (Å²) >= 11 is 0. The largest absolute Gasteiger partial charge is 0.396 e. The van der Waals surface area contributed by atoms with Crippen LogP contribution in [0.15, 0.2) is 36.4 Å². The lowest BCUT2D eigenvalue weighted by Crippen LogP contribution is -2.36. The van der Waals surface area contributed by atoms with Gasteiger partial charge in [0.2, 0.25) is 0 Å². The van der Waals surface area contributed by atoms with Crippen LogP contribution in [-0.2, 0) is 4.74 Å². The molecule has 0 aliphatic carbocycles. The van der Waals surface area contributed by atoms with Gasteiger partial charge in [-0.3, -0.25) is 0 Å². The first-order valence-electron chi connectivity index (χ1n) is 7.47. The minimum atomic E-state index is 0.182. The number of aliphatic hydroxyl groups excluding tert-OH is 1. The van der Waals surface area contributed by atoms with Crippen LogP contribution in [0, 0.1) is 11.3 Å². The van der Waals surface area contributed by atoms with Gasteiger partial charge in [0.25, 0.3) is 0 Å². The van der Waals surface area contributed by atoms with Crippen molar-refractivity contribution in [3.05, 3.63) is 42.0 Å². The zero-order chi connectivity index (χ0) is 14.9.